The standard InChI is InChI=1S/C12H12BrN7OS2/c1-19-9-7(8(13)18-19)10(15-6-14-9)22-12-17-16-11(23-12)20-2-4-21-5-3-20/h6H,2-5H2,1H3. The number of ether oxygens (including phenoxy) is 1. The van der Waals surface area contributed by atoms with Crippen LogP contribution < -0.4 is 4.90 Å². The van der Waals surface area contributed by atoms with Crippen LogP contribution in [0.4, 0.5) is 5.13 Å². The van der Waals surface area contributed by atoms with E-state index in [1.54, 1.807) is 22.3 Å². The fourth-order valence-corrected chi connectivity index (χ4v) is 4.93. The molecule has 0 aromatic carbocycles. The van der Waals surface area contributed by atoms with Gasteiger partial charge < -0.3 is 9.64 Å². The third-order valence-electron chi connectivity index (χ3n) is 3.40. The molecule has 0 atom stereocenters. The molecule has 1 aliphatic heterocycles. The summed E-state index contributed by atoms with van der Waals surface area (Å²) in [6, 6.07) is 0. The molecule has 0 amide bonds. The number of fused-ring (bicyclic) bond motifs is 1. The zero-order valence-electron chi connectivity index (χ0n) is 12.1. The highest BCUT2D eigenvalue weighted by Crippen LogP contribution is 2.37. The van der Waals surface area contributed by atoms with E-state index < -0.39 is 0 Å². The van der Waals surface area contributed by atoms with Gasteiger partial charge in [0, 0.05) is 20.1 Å². The molecule has 1 fully saturated rings. The molecular formula is C12H12BrN7OS2. The van der Waals surface area contributed by atoms with E-state index in [0.29, 0.717) is 0 Å². The van der Waals surface area contributed by atoms with Gasteiger partial charge in [0.2, 0.25) is 5.13 Å². The van der Waals surface area contributed by atoms with Gasteiger partial charge in [-0.05, 0) is 27.7 Å². The normalized spacial score (nSPS) is 15.5. The molecule has 0 saturated carbocycles. The van der Waals surface area contributed by atoms with Crippen LogP contribution in [0.5, 0.6) is 0 Å². The van der Waals surface area contributed by atoms with Gasteiger partial charge in [-0.1, -0.05) is 11.3 Å². The lowest BCUT2D eigenvalue weighted by Crippen LogP contribution is -2.36. The molecule has 0 bridgehead atoms. The number of nitrogens with zero attached hydrogens (tertiary/aromatic N) is 7. The van der Waals surface area contributed by atoms with Crippen molar-refractivity contribution < 1.29 is 4.74 Å². The Hall–Kier alpha value is -1.30. The Morgan fingerprint density at radius 2 is 2.09 bits per heavy atom. The SMILES string of the molecule is Cn1nc(Br)c2c(Sc3nnc(N4CCOCC4)s3)ncnc21. The van der Waals surface area contributed by atoms with Gasteiger partial charge in [0.25, 0.3) is 0 Å². The molecule has 120 valence electrons. The van der Waals surface area contributed by atoms with Gasteiger partial charge in [-0.3, -0.25) is 0 Å². The summed E-state index contributed by atoms with van der Waals surface area (Å²) in [7, 11) is 1.86. The summed E-state index contributed by atoms with van der Waals surface area (Å²) in [6.07, 6.45) is 1.54. The van der Waals surface area contributed by atoms with E-state index in [1.165, 1.54) is 11.8 Å². The van der Waals surface area contributed by atoms with Crippen molar-refractivity contribution in [2.45, 2.75) is 9.37 Å². The summed E-state index contributed by atoms with van der Waals surface area (Å²) in [5, 5.41) is 15.5. The van der Waals surface area contributed by atoms with Gasteiger partial charge in [0.15, 0.2) is 9.99 Å². The van der Waals surface area contributed by atoms with Crippen molar-refractivity contribution in [3.05, 3.63) is 10.9 Å². The topological polar surface area (TPSA) is 81.9 Å². The molecule has 4 rings (SSSR count). The van der Waals surface area contributed by atoms with E-state index in [1.807, 2.05) is 7.05 Å². The highest BCUT2D eigenvalue weighted by molar-refractivity contribution is 9.10. The van der Waals surface area contributed by atoms with E-state index in [2.05, 4.69) is 46.1 Å². The summed E-state index contributed by atoms with van der Waals surface area (Å²) in [4.78, 5) is 10.8. The van der Waals surface area contributed by atoms with E-state index in [9.17, 15) is 0 Å². The Kier molecular flexibility index (Phi) is 4.18. The maximum absolute atomic E-state index is 5.37. The van der Waals surface area contributed by atoms with E-state index in [4.69, 9.17) is 4.74 Å². The molecule has 1 aliphatic rings. The zero-order valence-corrected chi connectivity index (χ0v) is 15.4. The molecule has 3 aromatic rings. The molecule has 0 aliphatic carbocycles. The lowest BCUT2D eigenvalue weighted by atomic mass is 10.4. The third-order valence-corrected chi connectivity index (χ3v) is 6.00. The van der Waals surface area contributed by atoms with Gasteiger partial charge in [-0.2, -0.15) is 5.10 Å². The Morgan fingerprint density at radius 3 is 2.91 bits per heavy atom. The van der Waals surface area contributed by atoms with Crippen LogP contribution in [0.3, 0.4) is 0 Å². The molecule has 4 heterocycles. The van der Waals surface area contributed by atoms with E-state index in [-0.39, 0.29) is 0 Å². The summed E-state index contributed by atoms with van der Waals surface area (Å²) in [6.45, 7) is 3.17. The van der Waals surface area contributed by atoms with Crippen molar-refractivity contribution in [2.75, 3.05) is 31.2 Å². The van der Waals surface area contributed by atoms with Gasteiger partial charge in [0.05, 0.1) is 18.6 Å². The monoisotopic (exact) mass is 413 g/mol. The largest absolute Gasteiger partial charge is 0.378 e. The second-order valence-corrected chi connectivity index (χ2v) is 7.79. The second kappa shape index (κ2) is 6.30. The predicted molar refractivity (Wildman–Crippen MR) is 91.1 cm³/mol. The van der Waals surface area contributed by atoms with Crippen molar-refractivity contribution in [3.63, 3.8) is 0 Å². The fraction of sp³-hybridized carbons (Fsp3) is 0.417. The highest BCUT2D eigenvalue weighted by atomic mass is 79.9. The van der Waals surface area contributed by atoms with Gasteiger partial charge >= 0.3 is 0 Å². The first-order valence-electron chi connectivity index (χ1n) is 6.89. The van der Waals surface area contributed by atoms with E-state index in [0.717, 1.165) is 56.4 Å². The molecule has 0 unspecified atom stereocenters. The van der Waals surface area contributed by atoms with Crippen LogP contribution in [0, 0.1) is 0 Å². The van der Waals surface area contributed by atoms with Crippen LogP contribution in [-0.2, 0) is 11.8 Å². The Bertz CT molecular complexity index is 845. The number of hydrogen-bond acceptors (Lipinski definition) is 9. The van der Waals surface area contributed by atoms with Crippen molar-refractivity contribution in [1.29, 1.82) is 0 Å². The molecule has 0 spiro atoms. The smallest absolute Gasteiger partial charge is 0.209 e. The number of aryl methyl sites for hydroxylation is 1. The lowest BCUT2D eigenvalue weighted by Gasteiger charge is -2.25. The Balaban J connectivity index is 1.62. The lowest BCUT2D eigenvalue weighted by molar-refractivity contribution is 0.122. The summed E-state index contributed by atoms with van der Waals surface area (Å²) in [5.41, 5.74) is 0.785. The zero-order chi connectivity index (χ0) is 15.8. The van der Waals surface area contributed by atoms with Gasteiger partial charge in [-0.15, -0.1) is 10.2 Å². The number of rotatable bonds is 3. The fourth-order valence-electron chi connectivity index (χ4n) is 2.30. The summed E-state index contributed by atoms with van der Waals surface area (Å²) in [5.74, 6) is 0. The molecule has 3 aromatic heterocycles. The minimum absolute atomic E-state index is 0.732. The van der Waals surface area contributed by atoms with Crippen molar-refractivity contribution in [1.82, 2.24) is 29.9 Å². The number of anilines is 1. The quantitative estimate of drug-likeness (QED) is 0.602. The number of aromatic nitrogens is 6. The van der Waals surface area contributed by atoms with E-state index >= 15 is 0 Å². The van der Waals surface area contributed by atoms with Gasteiger partial charge in [-0.25, -0.2) is 14.6 Å². The minimum Gasteiger partial charge on any atom is -0.378 e. The number of morpholine rings is 1. The first-order valence-corrected chi connectivity index (χ1v) is 9.32. The molecule has 0 radical (unpaired) electrons. The van der Waals surface area contributed by atoms with Crippen LogP contribution in [0.25, 0.3) is 11.0 Å². The molecule has 1 saturated heterocycles. The van der Waals surface area contributed by atoms with Crippen molar-refractivity contribution >= 4 is 55.2 Å². The average Bonchev–Trinajstić information content (AvgIpc) is 3.14. The second-order valence-electron chi connectivity index (χ2n) is 4.84. The molecular weight excluding hydrogens is 402 g/mol. The maximum Gasteiger partial charge on any atom is 0.209 e. The summed E-state index contributed by atoms with van der Waals surface area (Å²) < 4.78 is 8.67. The minimum atomic E-state index is 0.732. The van der Waals surface area contributed by atoms with Crippen molar-refractivity contribution in [3.8, 4) is 0 Å². The molecule has 0 N–H and O–H groups in total. The highest BCUT2D eigenvalue weighted by Gasteiger charge is 2.19. The van der Waals surface area contributed by atoms with Crippen LogP contribution in [0.2, 0.25) is 0 Å². The molecule has 11 heteroatoms. The van der Waals surface area contributed by atoms with Crippen LogP contribution in [0.15, 0.2) is 20.3 Å². The van der Waals surface area contributed by atoms with Crippen molar-refractivity contribution in [2.24, 2.45) is 7.05 Å². The molecule has 8 nitrogen and oxygen atoms in total. The average molecular weight is 414 g/mol. The van der Waals surface area contributed by atoms with Crippen LogP contribution in [-0.4, -0.2) is 56.2 Å². The van der Waals surface area contributed by atoms with Crippen LogP contribution in [0.1, 0.15) is 0 Å². The van der Waals surface area contributed by atoms with Gasteiger partial charge in [0.1, 0.15) is 16.0 Å². The predicted octanol–water partition coefficient (Wildman–Crippen LogP) is 1.97. The van der Waals surface area contributed by atoms with Crippen LogP contribution >= 0.6 is 39.0 Å². The molecule has 23 heavy (non-hydrogen) atoms. The number of halogens is 1. The maximum atomic E-state index is 5.37. The third kappa shape index (κ3) is 2.93. The number of hydrogen-bond donors (Lipinski definition) is 0. The first-order chi connectivity index (χ1) is 11.2. The summed E-state index contributed by atoms with van der Waals surface area (Å²) >= 11 is 6.52. The first kappa shape index (κ1) is 15.2. The Labute approximate surface area is 148 Å². The Morgan fingerprint density at radius 1 is 1.26 bits per heavy atom.